The third-order valence-electron chi connectivity index (χ3n) is 3.53. The Kier molecular flexibility index (Phi) is 7.96. The van der Waals surface area contributed by atoms with Gasteiger partial charge in [0.1, 0.15) is 0 Å². The first-order chi connectivity index (χ1) is 10.9. The van der Waals surface area contributed by atoms with E-state index < -0.39 is 0 Å². The molecule has 0 heterocycles. The molecule has 118 valence electrons. The van der Waals surface area contributed by atoms with Gasteiger partial charge in [-0.15, -0.1) is 0 Å². The highest BCUT2D eigenvalue weighted by atomic mass is 32.2. The topological polar surface area (TPSA) is 0 Å². The first-order valence-corrected chi connectivity index (χ1v) is 10.3. The molecule has 2 heteroatoms. The van der Waals surface area contributed by atoms with Gasteiger partial charge in [-0.25, -0.2) is 0 Å². The molecule has 0 saturated carbocycles. The van der Waals surface area contributed by atoms with E-state index in [9.17, 15) is 0 Å². The van der Waals surface area contributed by atoms with Crippen molar-refractivity contribution in [3.05, 3.63) is 71.8 Å². The van der Waals surface area contributed by atoms with Gasteiger partial charge in [0.25, 0.3) is 0 Å². The van der Waals surface area contributed by atoms with Crippen LogP contribution >= 0.6 is 23.5 Å². The Morgan fingerprint density at radius 1 is 0.636 bits per heavy atom. The van der Waals surface area contributed by atoms with Crippen LogP contribution in [0.25, 0.3) is 0 Å². The monoisotopic (exact) mass is 330 g/mol. The molecule has 0 radical (unpaired) electrons. The molecule has 0 aliphatic heterocycles. The zero-order valence-corrected chi connectivity index (χ0v) is 15.2. The Hall–Kier alpha value is -0.860. The van der Waals surface area contributed by atoms with E-state index in [1.165, 1.54) is 35.5 Å². The van der Waals surface area contributed by atoms with Gasteiger partial charge in [0, 0.05) is 10.5 Å². The lowest BCUT2D eigenvalue weighted by Crippen LogP contribution is -2.07. The molecule has 0 spiro atoms. The van der Waals surface area contributed by atoms with Crippen molar-refractivity contribution in [2.75, 3.05) is 11.5 Å². The summed E-state index contributed by atoms with van der Waals surface area (Å²) >= 11 is 4.21. The van der Waals surface area contributed by atoms with Crippen molar-refractivity contribution in [3.8, 4) is 0 Å². The second kappa shape index (κ2) is 10.0. The summed E-state index contributed by atoms with van der Waals surface area (Å²) in [4.78, 5) is 0. The molecule has 0 amide bonds. The summed E-state index contributed by atoms with van der Waals surface area (Å²) in [5.41, 5.74) is 2.91. The molecule has 0 nitrogen and oxygen atoms in total. The third kappa shape index (κ3) is 5.10. The summed E-state index contributed by atoms with van der Waals surface area (Å²) in [6, 6.07) is 22.0. The minimum atomic E-state index is 0.528. The number of hydrogen-bond donors (Lipinski definition) is 0. The highest BCUT2D eigenvalue weighted by Gasteiger charge is 2.25. The SMILES string of the molecule is CCCSC(c1ccccc1)C(SCCC)c1ccccc1. The van der Waals surface area contributed by atoms with Gasteiger partial charge in [0.15, 0.2) is 0 Å². The van der Waals surface area contributed by atoms with Crippen LogP contribution in [0.5, 0.6) is 0 Å². The molecule has 0 aromatic heterocycles. The van der Waals surface area contributed by atoms with Crippen molar-refractivity contribution in [3.63, 3.8) is 0 Å². The maximum atomic E-state index is 2.29. The van der Waals surface area contributed by atoms with Crippen LogP contribution in [0.2, 0.25) is 0 Å². The minimum Gasteiger partial charge on any atom is -0.152 e. The van der Waals surface area contributed by atoms with Crippen LogP contribution in [0, 0.1) is 0 Å². The van der Waals surface area contributed by atoms with Crippen LogP contribution in [0.15, 0.2) is 60.7 Å². The standard InChI is InChI=1S/C20H26S2/c1-3-15-21-19(17-11-7-5-8-12-17)20(22-16-4-2)18-13-9-6-10-14-18/h5-14,19-20H,3-4,15-16H2,1-2H3. The molecule has 22 heavy (non-hydrogen) atoms. The van der Waals surface area contributed by atoms with Crippen LogP contribution in [0.3, 0.4) is 0 Å². The van der Waals surface area contributed by atoms with Gasteiger partial charge in [0.2, 0.25) is 0 Å². The summed E-state index contributed by atoms with van der Waals surface area (Å²) in [7, 11) is 0. The Morgan fingerprint density at radius 3 is 1.32 bits per heavy atom. The van der Waals surface area contributed by atoms with Crippen molar-refractivity contribution in [1.29, 1.82) is 0 Å². The maximum absolute atomic E-state index is 2.29. The molecular weight excluding hydrogens is 304 g/mol. The van der Waals surface area contributed by atoms with Crippen LogP contribution in [0.4, 0.5) is 0 Å². The molecule has 0 fully saturated rings. The predicted molar refractivity (Wildman–Crippen MR) is 104 cm³/mol. The smallest absolute Gasteiger partial charge is 0.0456 e. The second-order valence-electron chi connectivity index (χ2n) is 5.40. The second-order valence-corrected chi connectivity index (χ2v) is 7.90. The summed E-state index contributed by atoms with van der Waals surface area (Å²) in [6.07, 6.45) is 2.46. The lowest BCUT2D eigenvalue weighted by atomic mass is 10.0. The predicted octanol–water partition coefficient (Wildman–Crippen LogP) is 6.76. The van der Waals surface area contributed by atoms with E-state index in [0.29, 0.717) is 10.5 Å². The van der Waals surface area contributed by atoms with Gasteiger partial charge in [0.05, 0.1) is 0 Å². The van der Waals surface area contributed by atoms with Crippen molar-refractivity contribution >= 4 is 23.5 Å². The molecule has 2 aromatic rings. The Morgan fingerprint density at radius 2 is 1.00 bits per heavy atom. The Bertz CT molecular complexity index is 460. The van der Waals surface area contributed by atoms with Gasteiger partial charge in [-0.2, -0.15) is 23.5 Å². The summed E-state index contributed by atoms with van der Waals surface area (Å²) in [6.45, 7) is 4.54. The lowest BCUT2D eigenvalue weighted by molar-refractivity contribution is 0.897. The van der Waals surface area contributed by atoms with Crippen LogP contribution in [-0.4, -0.2) is 11.5 Å². The zero-order chi connectivity index (χ0) is 15.6. The van der Waals surface area contributed by atoms with Gasteiger partial charge in [-0.3, -0.25) is 0 Å². The van der Waals surface area contributed by atoms with Gasteiger partial charge >= 0.3 is 0 Å². The van der Waals surface area contributed by atoms with Crippen molar-refractivity contribution < 1.29 is 0 Å². The number of benzene rings is 2. The molecule has 0 bridgehead atoms. The summed E-state index contributed by atoms with van der Waals surface area (Å²) in [5.74, 6) is 2.44. The van der Waals surface area contributed by atoms with Crippen molar-refractivity contribution in [1.82, 2.24) is 0 Å². The molecule has 0 saturated heterocycles. The van der Waals surface area contributed by atoms with Crippen molar-refractivity contribution in [2.45, 2.75) is 37.2 Å². The Balaban J connectivity index is 2.30. The molecule has 0 aliphatic rings. The lowest BCUT2D eigenvalue weighted by Gasteiger charge is -2.27. The number of thioether (sulfide) groups is 2. The molecule has 0 aliphatic carbocycles. The Labute approximate surface area is 144 Å². The fraction of sp³-hybridized carbons (Fsp3) is 0.400. The van der Waals surface area contributed by atoms with Gasteiger partial charge in [-0.05, 0) is 35.5 Å². The molecular formula is C20H26S2. The highest BCUT2D eigenvalue weighted by Crippen LogP contribution is 2.48. The van der Waals surface area contributed by atoms with E-state index in [0.717, 1.165) is 0 Å². The molecule has 2 rings (SSSR count). The van der Waals surface area contributed by atoms with Gasteiger partial charge < -0.3 is 0 Å². The molecule has 2 unspecified atom stereocenters. The van der Waals surface area contributed by atoms with Crippen LogP contribution in [0.1, 0.15) is 48.3 Å². The molecule has 2 atom stereocenters. The number of rotatable bonds is 9. The van der Waals surface area contributed by atoms with Crippen LogP contribution < -0.4 is 0 Å². The third-order valence-corrected chi connectivity index (χ3v) is 6.80. The molecule has 2 aromatic carbocycles. The first-order valence-electron chi connectivity index (χ1n) is 8.20. The highest BCUT2D eigenvalue weighted by molar-refractivity contribution is 8.03. The fourth-order valence-electron chi connectivity index (χ4n) is 2.49. The van der Waals surface area contributed by atoms with E-state index in [-0.39, 0.29) is 0 Å². The van der Waals surface area contributed by atoms with E-state index in [1.807, 2.05) is 0 Å². The van der Waals surface area contributed by atoms with Gasteiger partial charge in [-0.1, -0.05) is 74.5 Å². The number of hydrogen-bond acceptors (Lipinski definition) is 2. The largest absolute Gasteiger partial charge is 0.152 e. The summed E-state index contributed by atoms with van der Waals surface area (Å²) in [5, 5.41) is 1.06. The van der Waals surface area contributed by atoms with Crippen molar-refractivity contribution in [2.24, 2.45) is 0 Å². The average molecular weight is 331 g/mol. The van der Waals surface area contributed by atoms with E-state index in [1.54, 1.807) is 0 Å². The quantitative estimate of drug-likeness (QED) is 0.498. The summed E-state index contributed by atoms with van der Waals surface area (Å²) < 4.78 is 0. The normalized spacial score (nSPS) is 13.7. The fourth-order valence-corrected chi connectivity index (χ4v) is 5.31. The van der Waals surface area contributed by atoms with E-state index in [2.05, 4.69) is 98.0 Å². The van der Waals surface area contributed by atoms with Crippen LogP contribution in [-0.2, 0) is 0 Å². The molecule has 0 N–H and O–H groups in total. The van der Waals surface area contributed by atoms with E-state index >= 15 is 0 Å². The average Bonchev–Trinajstić information content (AvgIpc) is 2.59. The van der Waals surface area contributed by atoms with E-state index in [4.69, 9.17) is 0 Å². The minimum absolute atomic E-state index is 0.528. The maximum Gasteiger partial charge on any atom is 0.0456 e. The zero-order valence-electron chi connectivity index (χ0n) is 13.6. The first kappa shape index (κ1) is 17.5.